The quantitative estimate of drug-likeness (QED) is 0.712. The molecule has 2 N–H and O–H groups in total. The molecule has 0 spiro atoms. The van der Waals surface area contributed by atoms with Crippen LogP contribution in [0.5, 0.6) is 0 Å². The van der Waals surface area contributed by atoms with Crippen LogP contribution in [0.2, 0.25) is 0 Å². The number of hydrogen-bond acceptors (Lipinski definition) is 4. The maximum atomic E-state index is 11.6. The molecule has 2 fully saturated rings. The number of urea groups is 1. The van der Waals surface area contributed by atoms with E-state index in [0.29, 0.717) is 19.8 Å². The summed E-state index contributed by atoms with van der Waals surface area (Å²) in [4.78, 5) is 13.3. The van der Waals surface area contributed by atoms with E-state index in [4.69, 9.17) is 14.9 Å². The first-order valence-corrected chi connectivity index (χ1v) is 5.46. The fourth-order valence-corrected chi connectivity index (χ4v) is 2.27. The maximum Gasteiger partial charge on any atom is 0.323 e. The first-order valence-electron chi connectivity index (χ1n) is 5.46. The molecule has 2 heterocycles. The lowest BCUT2D eigenvalue weighted by atomic mass is 9.98. The van der Waals surface area contributed by atoms with Crippen molar-refractivity contribution < 1.29 is 14.3 Å². The van der Waals surface area contributed by atoms with Crippen LogP contribution in [-0.4, -0.2) is 56.3 Å². The number of carbonyl (C=O) groups is 1. The van der Waals surface area contributed by atoms with Gasteiger partial charge >= 0.3 is 6.03 Å². The van der Waals surface area contributed by atoms with Gasteiger partial charge in [0.25, 0.3) is 0 Å². The summed E-state index contributed by atoms with van der Waals surface area (Å²) < 4.78 is 10.3. The molecule has 16 heavy (non-hydrogen) atoms. The van der Waals surface area contributed by atoms with Crippen molar-refractivity contribution in [2.24, 2.45) is 5.92 Å². The Morgan fingerprint density at radius 2 is 2.50 bits per heavy atom. The first-order chi connectivity index (χ1) is 7.74. The Bertz CT molecular complexity index is 289. The molecule has 6 heteroatoms. The highest BCUT2D eigenvalue weighted by molar-refractivity contribution is 6.05. The minimum absolute atomic E-state index is 0.162. The second-order valence-corrected chi connectivity index (χ2v) is 4.10. The van der Waals surface area contributed by atoms with Gasteiger partial charge in [0.15, 0.2) is 0 Å². The second-order valence-electron chi connectivity index (χ2n) is 4.10. The lowest BCUT2D eigenvalue weighted by Crippen LogP contribution is -2.42. The first kappa shape index (κ1) is 11.3. The van der Waals surface area contributed by atoms with Crippen LogP contribution in [0.4, 0.5) is 4.79 Å². The van der Waals surface area contributed by atoms with Gasteiger partial charge < -0.3 is 14.4 Å². The Morgan fingerprint density at radius 3 is 3.12 bits per heavy atom. The van der Waals surface area contributed by atoms with E-state index in [1.165, 1.54) is 0 Å². The number of nitrogens with zero attached hydrogens (tertiary/aromatic N) is 1. The second kappa shape index (κ2) is 4.80. The molecule has 90 valence electrons. The van der Waals surface area contributed by atoms with Crippen molar-refractivity contribution in [3.05, 3.63) is 0 Å². The van der Waals surface area contributed by atoms with Crippen molar-refractivity contribution >= 4 is 11.9 Å². The maximum absolute atomic E-state index is 11.6. The Kier molecular flexibility index (Phi) is 3.40. The molecule has 2 amide bonds. The van der Waals surface area contributed by atoms with Crippen LogP contribution in [0.15, 0.2) is 0 Å². The van der Waals surface area contributed by atoms with E-state index < -0.39 is 0 Å². The SMILES string of the molecule is COCCN1C(=O)NC(=N)C1C1CCOC1. The monoisotopic (exact) mass is 227 g/mol. The number of rotatable bonds is 4. The Labute approximate surface area is 94.4 Å². The molecule has 0 radical (unpaired) electrons. The van der Waals surface area contributed by atoms with Gasteiger partial charge in [0.1, 0.15) is 5.84 Å². The van der Waals surface area contributed by atoms with Crippen molar-refractivity contribution in [3.63, 3.8) is 0 Å². The largest absolute Gasteiger partial charge is 0.383 e. The summed E-state index contributed by atoms with van der Waals surface area (Å²) in [5.41, 5.74) is 0. The average Bonchev–Trinajstić information content (AvgIpc) is 2.83. The molecule has 0 aliphatic carbocycles. The van der Waals surface area contributed by atoms with Gasteiger partial charge in [-0.3, -0.25) is 10.7 Å². The topological polar surface area (TPSA) is 74.7 Å². The van der Waals surface area contributed by atoms with Gasteiger partial charge in [0, 0.05) is 26.2 Å². The van der Waals surface area contributed by atoms with Gasteiger partial charge in [-0.2, -0.15) is 0 Å². The number of methoxy groups -OCH3 is 1. The molecule has 2 atom stereocenters. The van der Waals surface area contributed by atoms with E-state index in [9.17, 15) is 4.79 Å². The van der Waals surface area contributed by atoms with Crippen molar-refractivity contribution in [2.45, 2.75) is 12.5 Å². The summed E-state index contributed by atoms with van der Waals surface area (Å²) >= 11 is 0. The minimum Gasteiger partial charge on any atom is -0.383 e. The summed E-state index contributed by atoms with van der Waals surface area (Å²) in [5.74, 6) is 0.528. The molecule has 0 aromatic heterocycles. The molecule has 0 bridgehead atoms. The van der Waals surface area contributed by atoms with E-state index >= 15 is 0 Å². The van der Waals surface area contributed by atoms with Crippen LogP contribution in [0, 0.1) is 11.3 Å². The molecule has 6 nitrogen and oxygen atoms in total. The van der Waals surface area contributed by atoms with Crippen LogP contribution >= 0.6 is 0 Å². The molecular formula is C10H17N3O3. The van der Waals surface area contributed by atoms with Gasteiger partial charge in [-0.1, -0.05) is 0 Å². The zero-order valence-corrected chi connectivity index (χ0v) is 9.36. The molecular weight excluding hydrogens is 210 g/mol. The van der Waals surface area contributed by atoms with Crippen molar-refractivity contribution in [1.29, 1.82) is 5.41 Å². The van der Waals surface area contributed by atoms with E-state index in [-0.39, 0.29) is 23.8 Å². The Morgan fingerprint density at radius 1 is 1.69 bits per heavy atom. The molecule has 2 unspecified atom stereocenters. The summed E-state index contributed by atoms with van der Waals surface area (Å²) in [6.07, 6.45) is 0.908. The summed E-state index contributed by atoms with van der Waals surface area (Å²) in [6.45, 7) is 2.36. The number of amidine groups is 1. The van der Waals surface area contributed by atoms with Crippen molar-refractivity contribution in [1.82, 2.24) is 10.2 Å². The predicted molar refractivity (Wildman–Crippen MR) is 57.6 cm³/mol. The van der Waals surface area contributed by atoms with Crippen LogP contribution in [0.25, 0.3) is 0 Å². The van der Waals surface area contributed by atoms with Crippen LogP contribution in [0.1, 0.15) is 6.42 Å². The highest BCUT2D eigenvalue weighted by atomic mass is 16.5. The van der Waals surface area contributed by atoms with Crippen LogP contribution in [-0.2, 0) is 9.47 Å². The van der Waals surface area contributed by atoms with E-state index in [1.807, 2.05) is 0 Å². The summed E-state index contributed by atoms with van der Waals surface area (Å²) in [5, 5.41) is 10.4. The third-order valence-electron chi connectivity index (χ3n) is 3.08. The van der Waals surface area contributed by atoms with Gasteiger partial charge in [-0.25, -0.2) is 4.79 Å². The molecule has 2 rings (SSSR count). The smallest absolute Gasteiger partial charge is 0.323 e. The van der Waals surface area contributed by atoms with E-state index in [2.05, 4.69) is 5.32 Å². The average molecular weight is 227 g/mol. The molecule has 0 aromatic rings. The zero-order chi connectivity index (χ0) is 11.5. The normalized spacial score (nSPS) is 29.9. The number of amides is 2. The Balaban J connectivity index is 2.05. The van der Waals surface area contributed by atoms with Gasteiger partial charge in [-0.15, -0.1) is 0 Å². The number of hydrogen-bond donors (Lipinski definition) is 2. The molecule has 2 aliphatic rings. The molecule has 2 saturated heterocycles. The van der Waals surface area contributed by atoms with E-state index in [1.54, 1.807) is 12.0 Å². The fourth-order valence-electron chi connectivity index (χ4n) is 2.27. The molecule has 2 aliphatic heterocycles. The highest BCUT2D eigenvalue weighted by Gasteiger charge is 2.41. The Hall–Kier alpha value is -1.14. The number of nitrogens with one attached hydrogen (secondary N) is 2. The lowest BCUT2D eigenvalue weighted by molar-refractivity contribution is 0.131. The van der Waals surface area contributed by atoms with Gasteiger partial charge in [0.05, 0.1) is 19.3 Å². The third-order valence-corrected chi connectivity index (χ3v) is 3.08. The standard InChI is InChI=1S/C10H17N3O3/c1-15-5-3-13-8(7-2-4-16-6-7)9(11)12-10(13)14/h7-8H,2-6H2,1H3,(H2,11,12,14). The zero-order valence-electron chi connectivity index (χ0n) is 9.36. The van der Waals surface area contributed by atoms with Gasteiger partial charge in [0.2, 0.25) is 0 Å². The van der Waals surface area contributed by atoms with Crippen LogP contribution < -0.4 is 5.32 Å². The van der Waals surface area contributed by atoms with Crippen molar-refractivity contribution in [3.8, 4) is 0 Å². The summed E-state index contributed by atoms with van der Waals surface area (Å²) in [6, 6.07) is -0.357. The molecule has 0 saturated carbocycles. The third kappa shape index (κ3) is 2.03. The lowest BCUT2D eigenvalue weighted by Gasteiger charge is -2.26. The summed E-state index contributed by atoms with van der Waals surface area (Å²) in [7, 11) is 1.60. The fraction of sp³-hybridized carbons (Fsp3) is 0.800. The highest BCUT2D eigenvalue weighted by Crippen LogP contribution is 2.24. The van der Waals surface area contributed by atoms with Crippen LogP contribution in [0.3, 0.4) is 0 Å². The van der Waals surface area contributed by atoms with Crippen molar-refractivity contribution in [2.75, 3.05) is 33.5 Å². The minimum atomic E-state index is -0.195. The predicted octanol–water partition coefficient (Wildman–Crippen LogP) is 0.0404. The van der Waals surface area contributed by atoms with E-state index in [0.717, 1.165) is 13.0 Å². The van der Waals surface area contributed by atoms with Gasteiger partial charge in [-0.05, 0) is 6.42 Å². The number of ether oxygens (including phenoxy) is 2. The molecule has 0 aromatic carbocycles. The number of carbonyl (C=O) groups excluding carboxylic acids is 1.